The molecule has 0 saturated heterocycles. The summed E-state index contributed by atoms with van der Waals surface area (Å²) < 4.78 is 81.0. The van der Waals surface area contributed by atoms with Gasteiger partial charge in [-0.2, -0.15) is 26.3 Å². The summed E-state index contributed by atoms with van der Waals surface area (Å²) in [6.45, 7) is -2.51. The Labute approximate surface area is 227 Å². The first kappa shape index (κ1) is 30.7. The SMILES string of the molecule is NC(=O)NCC(CC(=O)Cn1nc(-c2ccc(Cl)cc2)n(C[C@H](O)C(F)(F)F)c1=O)c1ccccc1C(F)(F)F. The molecular weight excluding hydrogens is 572 g/mol. The van der Waals surface area contributed by atoms with Gasteiger partial charge in [-0.1, -0.05) is 29.8 Å². The molecule has 2 amide bonds. The fraction of sp³-hybridized carbons (Fsp3) is 0.333. The Balaban J connectivity index is 1.96. The minimum atomic E-state index is -5.07. The van der Waals surface area contributed by atoms with Crippen molar-refractivity contribution in [1.82, 2.24) is 19.7 Å². The van der Waals surface area contributed by atoms with Crippen molar-refractivity contribution in [2.45, 2.75) is 43.9 Å². The van der Waals surface area contributed by atoms with E-state index in [2.05, 4.69) is 10.4 Å². The molecule has 9 nitrogen and oxygen atoms in total. The van der Waals surface area contributed by atoms with Crippen LogP contribution in [-0.2, 0) is 24.1 Å². The van der Waals surface area contributed by atoms with E-state index in [1.165, 1.54) is 30.3 Å². The second-order valence-electron chi connectivity index (χ2n) is 8.71. The van der Waals surface area contributed by atoms with Crippen molar-refractivity contribution in [2.75, 3.05) is 6.54 Å². The van der Waals surface area contributed by atoms with Gasteiger partial charge in [0.15, 0.2) is 17.7 Å². The number of alkyl halides is 6. The molecule has 0 fully saturated rings. The predicted octanol–water partition coefficient (Wildman–Crippen LogP) is 3.72. The summed E-state index contributed by atoms with van der Waals surface area (Å²) >= 11 is 5.84. The van der Waals surface area contributed by atoms with Gasteiger partial charge in [-0.3, -0.25) is 9.36 Å². The maximum absolute atomic E-state index is 13.6. The van der Waals surface area contributed by atoms with Crippen molar-refractivity contribution in [1.29, 1.82) is 0 Å². The Kier molecular flexibility index (Phi) is 9.30. The van der Waals surface area contributed by atoms with E-state index >= 15 is 0 Å². The van der Waals surface area contributed by atoms with Gasteiger partial charge in [-0.25, -0.2) is 14.3 Å². The number of amides is 2. The van der Waals surface area contributed by atoms with Gasteiger partial charge in [0.1, 0.15) is 6.54 Å². The maximum Gasteiger partial charge on any atom is 0.416 e. The van der Waals surface area contributed by atoms with Crippen molar-refractivity contribution in [3.8, 4) is 11.4 Å². The first-order chi connectivity index (χ1) is 18.6. The summed E-state index contributed by atoms with van der Waals surface area (Å²) in [6.07, 6.45) is -13.4. The van der Waals surface area contributed by atoms with E-state index in [0.29, 0.717) is 9.25 Å². The molecule has 0 radical (unpaired) electrons. The van der Waals surface area contributed by atoms with Crippen molar-refractivity contribution < 1.29 is 41.0 Å². The fourth-order valence-electron chi connectivity index (χ4n) is 3.93. The summed E-state index contributed by atoms with van der Waals surface area (Å²) in [6, 6.07) is 8.80. The summed E-state index contributed by atoms with van der Waals surface area (Å²) in [4.78, 5) is 37.2. The molecule has 1 heterocycles. The maximum atomic E-state index is 13.6. The van der Waals surface area contributed by atoms with Crippen molar-refractivity contribution >= 4 is 23.4 Å². The summed E-state index contributed by atoms with van der Waals surface area (Å²) in [5.41, 5.74) is 2.65. The lowest BCUT2D eigenvalue weighted by Crippen LogP contribution is -2.37. The normalized spacial score (nSPS) is 13.6. The first-order valence-corrected chi connectivity index (χ1v) is 11.8. The van der Waals surface area contributed by atoms with Crippen molar-refractivity contribution in [3.05, 3.63) is 75.2 Å². The van der Waals surface area contributed by atoms with E-state index in [1.807, 2.05) is 0 Å². The molecule has 0 saturated carbocycles. The number of hydrogen-bond donors (Lipinski definition) is 3. The minimum absolute atomic E-state index is 0.143. The number of halogens is 7. The molecule has 40 heavy (non-hydrogen) atoms. The lowest BCUT2D eigenvalue weighted by Gasteiger charge is -2.21. The van der Waals surface area contributed by atoms with Crippen molar-refractivity contribution in [2.24, 2.45) is 5.73 Å². The highest BCUT2D eigenvalue weighted by Gasteiger charge is 2.39. The number of nitrogens with zero attached hydrogens (tertiary/aromatic N) is 3. The number of aliphatic hydroxyl groups is 1. The van der Waals surface area contributed by atoms with E-state index in [1.54, 1.807) is 0 Å². The number of benzene rings is 2. The second kappa shape index (κ2) is 12.1. The standard InChI is InChI=1S/C24H22ClF6N5O4/c25-15-7-5-13(6-8-15)20-34-36(22(40)35(20)12-19(38)24(29,30)31)11-16(37)9-14(10-33-21(32)39)17-3-1-2-4-18(17)23(26,27)28/h1-8,14,19,38H,9-12H2,(H3,32,33,39)/t14?,19-/m0/s1. The Bertz CT molecular complexity index is 1420. The number of aromatic nitrogens is 3. The fourth-order valence-corrected chi connectivity index (χ4v) is 4.06. The molecule has 1 unspecified atom stereocenters. The van der Waals surface area contributed by atoms with Gasteiger partial charge < -0.3 is 16.2 Å². The zero-order valence-electron chi connectivity index (χ0n) is 20.3. The number of nitrogens with two attached hydrogens (primary N) is 1. The van der Waals surface area contributed by atoms with Crippen LogP contribution < -0.4 is 16.7 Å². The van der Waals surface area contributed by atoms with Gasteiger partial charge in [0.25, 0.3) is 0 Å². The molecule has 0 spiro atoms. The number of carbonyl (C=O) groups excluding carboxylic acids is 2. The van der Waals surface area contributed by atoms with Crippen LogP contribution in [0.5, 0.6) is 0 Å². The predicted molar refractivity (Wildman–Crippen MR) is 130 cm³/mol. The number of primary amides is 1. The third-order valence-electron chi connectivity index (χ3n) is 5.79. The van der Waals surface area contributed by atoms with E-state index < -0.39 is 73.5 Å². The summed E-state index contributed by atoms with van der Waals surface area (Å²) in [7, 11) is 0. The summed E-state index contributed by atoms with van der Waals surface area (Å²) in [5.74, 6) is -2.36. The van der Waals surface area contributed by atoms with E-state index in [0.717, 1.165) is 18.2 Å². The molecule has 0 bridgehead atoms. The van der Waals surface area contributed by atoms with Gasteiger partial charge >= 0.3 is 24.1 Å². The van der Waals surface area contributed by atoms with Gasteiger partial charge in [-0.15, -0.1) is 5.10 Å². The van der Waals surface area contributed by atoms with E-state index in [4.69, 9.17) is 17.3 Å². The zero-order valence-corrected chi connectivity index (χ0v) is 21.1. The van der Waals surface area contributed by atoms with Gasteiger partial charge in [0.2, 0.25) is 0 Å². The highest BCUT2D eigenvalue weighted by atomic mass is 35.5. The van der Waals surface area contributed by atoms with Crippen LogP contribution in [0.15, 0.2) is 53.3 Å². The smallest absolute Gasteiger partial charge is 0.382 e. The van der Waals surface area contributed by atoms with Gasteiger partial charge in [-0.05, 0) is 35.9 Å². The van der Waals surface area contributed by atoms with E-state index in [-0.39, 0.29) is 22.0 Å². The van der Waals surface area contributed by atoms with Crippen LogP contribution in [0.4, 0.5) is 31.1 Å². The molecular formula is C24H22ClF6N5O4. The number of urea groups is 1. The highest BCUT2D eigenvalue weighted by Crippen LogP contribution is 2.36. The molecule has 2 atom stereocenters. The van der Waals surface area contributed by atoms with Crippen LogP contribution in [-0.4, -0.2) is 50.1 Å². The van der Waals surface area contributed by atoms with Gasteiger partial charge in [0.05, 0.1) is 12.1 Å². The molecule has 216 valence electrons. The summed E-state index contributed by atoms with van der Waals surface area (Å²) in [5, 5.41) is 16.0. The number of aliphatic hydroxyl groups excluding tert-OH is 1. The van der Waals surface area contributed by atoms with Crippen LogP contribution in [0.3, 0.4) is 0 Å². The topological polar surface area (TPSA) is 132 Å². The number of Topliss-reactive ketones (excluding diaryl/α,β-unsaturated/α-hetero) is 1. The number of carbonyl (C=O) groups is 2. The largest absolute Gasteiger partial charge is 0.416 e. The molecule has 3 rings (SSSR count). The molecule has 4 N–H and O–H groups in total. The average molecular weight is 594 g/mol. The molecule has 1 aromatic heterocycles. The van der Waals surface area contributed by atoms with Crippen LogP contribution in [0, 0.1) is 0 Å². The third-order valence-corrected chi connectivity index (χ3v) is 6.04. The van der Waals surface area contributed by atoms with Crippen LogP contribution in [0.2, 0.25) is 5.02 Å². The lowest BCUT2D eigenvalue weighted by molar-refractivity contribution is -0.207. The Morgan fingerprint density at radius 3 is 2.25 bits per heavy atom. The molecule has 0 aliphatic heterocycles. The average Bonchev–Trinajstić information content (AvgIpc) is 3.15. The van der Waals surface area contributed by atoms with Crippen LogP contribution >= 0.6 is 11.6 Å². The van der Waals surface area contributed by atoms with Crippen LogP contribution in [0.1, 0.15) is 23.5 Å². The molecule has 16 heteroatoms. The molecule has 3 aromatic rings. The monoisotopic (exact) mass is 593 g/mol. The molecule has 2 aromatic carbocycles. The number of nitrogens with one attached hydrogen (secondary N) is 1. The van der Waals surface area contributed by atoms with Crippen molar-refractivity contribution in [3.63, 3.8) is 0 Å². The third kappa shape index (κ3) is 7.63. The van der Waals surface area contributed by atoms with Crippen LogP contribution in [0.25, 0.3) is 11.4 Å². The van der Waals surface area contributed by atoms with Gasteiger partial charge in [0, 0.05) is 29.5 Å². The quantitative estimate of drug-likeness (QED) is 0.308. The molecule has 0 aliphatic rings. The zero-order chi connectivity index (χ0) is 29.8. The number of rotatable bonds is 10. The first-order valence-electron chi connectivity index (χ1n) is 11.5. The Hall–Kier alpha value is -3.85. The number of ketones is 1. The Morgan fingerprint density at radius 2 is 1.68 bits per heavy atom. The minimum Gasteiger partial charge on any atom is -0.382 e. The van der Waals surface area contributed by atoms with E-state index in [9.17, 15) is 45.8 Å². The Morgan fingerprint density at radius 1 is 1.05 bits per heavy atom. The molecule has 0 aliphatic carbocycles. The second-order valence-corrected chi connectivity index (χ2v) is 9.15. The number of hydrogen-bond acceptors (Lipinski definition) is 5. The highest BCUT2D eigenvalue weighted by molar-refractivity contribution is 6.30. The lowest BCUT2D eigenvalue weighted by atomic mass is 9.89.